The average molecular weight is 444 g/mol. The third kappa shape index (κ3) is 4.80. The van der Waals surface area contributed by atoms with Crippen LogP contribution < -0.4 is 4.74 Å². The first-order chi connectivity index (χ1) is 14.4. The lowest BCUT2D eigenvalue weighted by Crippen LogP contribution is -2.27. The SMILES string of the molecule is COc1cc(C)c(S(=O)(=O)N(C)Cc2nc(-c3ccc(C(C)(C)C)cc3)no2)cc1C. The van der Waals surface area contributed by atoms with E-state index in [4.69, 9.17) is 9.26 Å². The molecule has 0 aliphatic rings. The molecule has 0 aliphatic carbocycles. The lowest BCUT2D eigenvalue weighted by molar-refractivity contribution is 0.336. The van der Waals surface area contributed by atoms with E-state index in [1.165, 1.54) is 16.9 Å². The molecule has 7 nitrogen and oxygen atoms in total. The first-order valence-corrected chi connectivity index (χ1v) is 11.4. The van der Waals surface area contributed by atoms with Crippen molar-refractivity contribution in [3.8, 4) is 17.1 Å². The minimum Gasteiger partial charge on any atom is -0.496 e. The summed E-state index contributed by atoms with van der Waals surface area (Å²) in [6.45, 7) is 9.98. The molecule has 0 bridgehead atoms. The van der Waals surface area contributed by atoms with Crippen molar-refractivity contribution in [2.45, 2.75) is 51.5 Å². The van der Waals surface area contributed by atoms with Gasteiger partial charge in [-0.3, -0.25) is 0 Å². The van der Waals surface area contributed by atoms with E-state index in [1.54, 1.807) is 26.2 Å². The zero-order valence-corrected chi connectivity index (χ0v) is 19.9. The third-order valence-corrected chi connectivity index (χ3v) is 7.16. The van der Waals surface area contributed by atoms with Crippen molar-refractivity contribution in [3.63, 3.8) is 0 Å². The number of rotatable bonds is 6. The highest BCUT2D eigenvalue weighted by atomic mass is 32.2. The Morgan fingerprint density at radius 3 is 2.29 bits per heavy atom. The Balaban J connectivity index is 1.81. The van der Waals surface area contributed by atoms with Crippen molar-refractivity contribution < 1.29 is 17.7 Å². The van der Waals surface area contributed by atoms with E-state index in [-0.39, 0.29) is 22.7 Å². The summed E-state index contributed by atoms with van der Waals surface area (Å²) in [5, 5.41) is 4.02. The van der Waals surface area contributed by atoms with Gasteiger partial charge in [-0.15, -0.1) is 0 Å². The van der Waals surface area contributed by atoms with Gasteiger partial charge in [0, 0.05) is 12.6 Å². The monoisotopic (exact) mass is 443 g/mol. The van der Waals surface area contributed by atoms with Crippen molar-refractivity contribution in [2.75, 3.05) is 14.2 Å². The number of methoxy groups -OCH3 is 1. The molecule has 2 aromatic carbocycles. The van der Waals surface area contributed by atoms with Gasteiger partial charge in [-0.05, 0) is 48.1 Å². The molecule has 0 fully saturated rings. The van der Waals surface area contributed by atoms with E-state index in [0.29, 0.717) is 17.1 Å². The highest BCUT2D eigenvalue weighted by Crippen LogP contribution is 2.28. The van der Waals surface area contributed by atoms with Crippen molar-refractivity contribution in [2.24, 2.45) is 0 Å². The topological polar surface area (TPSA) is 85.5 Å². The zero-order chi connectivity index (χ0) is 23.0. The molecule has 0 spiro atoms. The largest absolute Gasteiger partial charge is 0.496 e. The number of hydrogen-bond donors (Lipinski definition) is 0. The first kappa shape index (κ1) is 23.0. The summed E-state index contributed by atoms with van der Waals surface area (Å²) in [7, 11) is -0.685. The van der Waals surface area contributed by atoms with E-state index in [9.17, 15) is 8.42 Å². The maximum atomic E-state index is 13.1. The summed E-state index contributed by atoms with van der Waals surface area (Å²) in [6.07, 6.45) is 0. The fourth-order valence-corrected chi connectivity index (χ4v) is 4.67. The normalized spacial score (nSPS) is 12.4. The Hall–Kier alpha value is -2.71. The van der Waals surface area contributed by atoms with Crippen LogP contribution >= 0.6 is 0 Å². The number of benzene rings is 2. The summed E-state index contributed by atoms with van der Waals surface area (Å²) in [4.78, 5) is 4.61. The molecular formula is C23H29N3O4S. The van der Waals surface area contributed by atoms with Crippen LogP contribution in [0.2, 0.25) is 0 Å². The molecule has 0 amide bonds. The molecule has 0 saturated heterocycles. The van der Waals surface area contributed by atoms with E-state index in [0.717, 1.165) is 11.1 Å². The number of aromatic nitrogens is 2. The third-order valence-electron chi connectivity index (χ3n) is 5.22. The molecule has 3 aromatic rings. The fraction of sp³-hybridized carbons (Fsp3) is 0.391. The molecule has 0 atom stereocenters. The van der Waals surface area contributed by atoms with Crippen LogP contribution in [0.1, 0.15) is 43.4 Å². The lowest BCUT2D eigenvalue weighted by atomic mass is 9.87. The zero-order valence-electron chi connectivity index (χ0n) is 19.1. The molecule has 31 heavy (non-hydrogen) atoms. The molecule has 1 heterocycles. The number of nitrogens with zero attached hydrogens (tertiary/aromatic N) is 3. The van der Waals surface area contributed by atoms with Crippen LogP contribution in [0.4, 0.5) is 0 Å². The van der Waals surface area contributed by atoms with Crippen LogP contribution in [-0.4, -0.2) is 37.0 Å². The number of ether oxygens (including phenoxy) is 1. The van der Waals surface area contributed by atoms with Gasteiger partial charge in [0.25, 0.3) is 0 Å². The molecule has 1 aromatic heterocycles. The second-order valence-corrected chi connectivity index (χ2v) is 10.7. The first-order valence-electron chi connectivity index (χ1n) is 9.98. The van der Waals surface area contributed by atoms with Gasteiger partial charge in [0.1, 0.15) is 5.75 Å². The van der Waals surface area contributed by atoms with E-state index >= 15 is 0 Å². The predicted molar refractivity (Wildman–Crippen MR) is 120 cm³/mol. The van der Waals surface area contributed by atoms with Crippen LogP contribution in [0.3, 0.4) is 0 Å². The number of aryl methyl sites for hydroxylation is 2. The second kappa shape index (κ2) is 8.43. The summed E-state index contributed by atoms with van der Waals surface area (Å²) in [5.41, 5.74) is 3.43. The predicted octanol–water partition coefficient (Wildman–Crippen LogP) is 4.48. The smallest absolute Gasteiger partial charge is 0.243 e. The van der Waals surface area contributed by atoms with Crippen LogP contribution in [0.5, 0.6) is 5.75 Å². The summed E-state index contributed by atoms with van der Waals surface area (Å²) in [6, 6.07) is 11.3. The second-order valence-electron chi connectivity index (χ2n) is 8.69. The highest BCUT2D eigenvalue weighted by molar-refractivity contribution is 7.89. The van der Waals surface area contributed by atoms with Gasteiger partial charge in [-0.1, -0.05) is 50.2 Å². The number of hydrogen-bond acceptors (Lipinski definition) is 6. The van der Waals surface area contributed by atoms with Crippen LogP contribution in [-0.2, 0) is 22.0 Å². The Morgan fingerprint density at radius 1 is 1.06 bits per heavy atom. The summed E-state index contributed by atoms with van der Waals surface area (Å²) < 4.78 is 38.0. The Bertz CT molecular complexity index is 1180. The van der Waals surface area contributed by atoms with Crippen molar-refractivity contribution in [3.05, 3.63) is 59.0 Å². The Kier molecular flexibility index (Phi) is 6.25. The number of sulfonamides is 1. The quantitative estimate of drug-likeness (QED) is 0.558. The fourth-order valence-electron chi connectivity index (χ4n) is 3.26. The molecular weight excluding hydrogens is 414 g/mol. The van der Waals surface area contributed by atoms with E-state index in [1.807, 2.05) is 31.2 Å². The van der Waals surface area contributed by atoms with Gasteiger partial charge in [-0.2, -0.15) is 9.29 Å². The molecule has 3 rings (SSSR count). The van der Waals surface area contributed by atoms with Gasteiger partial charge >= 0.3 is 0 Å². The van der Waals surface area contributed by atoms with Crippen LogP contribution in [0, 0.1) is 13.8 Å². The van der Waals surface area contributed by atoms with Crippen molar-refractivity contribution in [1.29, 1.82) is 0 Å². The lowest BCUT2D eigenvalue weighted by Gasteiger charge is -2.18. The van der Waals surface area contributed by atoms with Gasteiger partial charge in [0.15, 0.2) is 0 Å². The van der Waals surface area contributed by atoms with Crippen molar-refractivity contribution >= 4 is 10.0 Å². The molecule has 0 aliphatic heterocycles. The van der Waals surface area contributed by atoms with Crippen LogP contribution in [0.25, 0.3) is 11.4 Å². The van der Waals surface area contributed by atoms with E-state index < -0.39 is 10.0 Å². The standard InChI is InChI=1S/C23H29N3O4S/c1-15-13-20(16(2)12-19(15)29-7)31(27,28)26(6)14-21-24-22(25-30-21)17-8-10-18(11-9-17)23(3,4)5/h8-13H,14H2,1-7H3. The van der Waals surface area contributed by atoms with Gasteiger partial charge in [-0.25, -0.2) is 8.42 Å². The minimum absolute atomic E-state index is 0.0279. The van der Waals surface area contributed by atoms with Crippen molar-refractivity contribution in [1.82, 2.24) is 14.4 Å². The molecule has 8 heteroatoms. The molecule has 0 N–H and O–H groups in total. The van der Waals surface area contributed by atoms with E-state index in [2.05, 4.69) is 30.9 Å². The minimum atomic E-state index is -3.74. The van der Waals surface area contributed by atoms with Gasteiger partial charge in [0.05, 0.1) is 18.6 Å². The molecule has 0 saturated carbocycles. The average Bonchev–Trinajstić information content (AvgIpc) is 3.17. The van der Waals surface area contributed by atoms with Crippen LogP contribution in [0.15, 0.2) is 45.8 Å². The summed E-state index contributed by atoms with van der Waals surface area (Å²) in [5.74, 6) is 1.31. The molecule has 0 radical (unpaired) electrons. The maximum Gasteiger partial charge on any atom is 0.243 e. The maximum absolute atomic E-state index is 13.1. The van der Waals surface area contributed by atoms with Gasteiger partial charge in [0.2, 0.25) is 21.7 Å². The molecule has 0 unspecified atom stereocenters. The Labute approximate surface area is 184 Å². The van der Waals surface area contributed by atoms with Gasteiger partial charge < -0.3 is 9.26 Å². The Morgan fingerprint density at radius 2 is 1.71 bits per heavy atom. The molecule has 166 valence electrons. The summed E-state index contributed by atoms with van der Waals surface area (Å²) >= 11 is 0. The highest BCUT2D eigenvalue weighted by Gasteiger charge is 2.26.